The van der Waals surface area contributed by atoms with Crippen molar-refractivity contribution in [2.24, 2.45) is 0 Å². The van der Waals surface area contributed by atoms with Crippen molar-refractivity contribution >= 4 is 17.3 Å². The zero-order valence-corrected chi connectivity index (χ0v) is 14.3. The summed E-state index contributed by atoms with van der Waals surface area (Å²) in [5.74, 6) is 1.69. The number of hydrogen-bond acceptors (Lipinski definition) is 6. The van der Waals surface area contributed by atoms with Crippen molar-refractivity contribution in [3.8, 4) is 22.3 Å². The Morgan fingerprint density at radius 2 is 2.00 bits per heavy atom. The van der Waals surface area contributed by atoms with Crippen LogP contribution in [-0.2, 0) is 11.2 Å². The van der Waals surface area contributed by atoms with Crippen LogP contribution in [0.1, 0.15) is 18.4 Å². The minimum absolute atomic E-state index is 0.0428. The molecule has 0 saturated carbocycles. The molecule has 0 aliphatic heterocycles. The van der Waals surface area contributed by atoms with E-state index in [9.17, 15) is 4.79 Å². The van der Waals surface area contributed by atoms with E-state index in [0.29, 0.717) is 35.5 Å². The molecule has 2 heterocycles. The Morgan fingerprint density at radius 3 is 2.71 bits per heavy atom. The molecule has 0 bridgehead atoms. The van der Waals surface area contributed by atoms with Crippen LogP contribution in [0.5, 0.6) is 11.5 Å². The monoisotopic (exact) mass is 343 g/mol. The molecular weight excluding hydrogens is 326 g/mol. The van der Waals surface area contributed by atoms with Gasteiger partial charge in [0.15, 0.2) is 11.5 Å². The third-order valence-corrected chi connectivity index (χ3v) is 4.17. The van der Waals surface area contributed by atoms with Gasteiger partial charge in [0, 0.05) is 0 Å². The van der Waals surface area contributed by atoms with Crippen molar-refractivity contribution in [3.63, 3.8) is 0 Å². The molecule has 0 fully saturated rings. The van der Waals surface area contributed by atoms with E-state index < -0.39 is 5.97 Å². The molecule has 3 rings (SSSR count). The highest BCUT2D eigenvalue weighted by atomic mass is 32.1. The van der Waals surface area contributed by atoms with Crippen LogP contribution in [0.15, 0.2) is 46.2 Å². The highest BCUT2D eigenvalue weighted by Gasteiger charge is 2.17. The Kier molecular flexibility index (Phi) is 4.96. The van der Waals surface area contributed by atoms with Gasteiger partial charge in [-0.05, 0) is 37.4 Å². The lowest BCUT2D eigenvalue weighted by molar-refractivity contribution is -0.133. The first-order valence-corrected chi connectivity index (χ1v) is 8.48. The maximum absolute atomic E-state index is 12.2. The normalized spacial score (nSPS) is 10.6. The fourth-order valence-corrected chi connectivity index (χ4v) is 2.85. The third kappa shape index (κ3) is 3.65. The second kappa shape index (κ2) is 7.31. The van der Waals surface area contributed by atoms with Gasteiger partial charge in [-0.25, -0.2) is 4.98 Å². The van der Waals surface area contributed by atoms with E-state index in [0.717, 1.165) is 4.88 Å². The molecule has 0 spiro atoms. The summed E-state index contributed by atoms with van der Waals surface area (Å²) in [7, 11) is 0. The highest BCUT2D eigenvalue weighted by molar-refractivity contribution is 7.13. The number of aromatic nitrogens is 1. The molecule has 0 radical (unpaired) electrons. The van der Waals surface area contributed by atoms with Crippen LogP contribution >= 0.6 is 11.3 Å². The molecule has 0 atom stereocenters. The second-order valence-electron chi connectivity index (χ2n) is 5.03. The maximum Gasteiger partial charge on any atom is 0.317 e. The van der Waals surface area contributed by atoms with Crippen molar-refractivity contribution in [3.05, 3.63) is 53.2 Å². The van der Waals surface area contributed by atoms with Crippen molar-refractivity contribution in [2.75, 3.05) is 6.61 Å². The van der Waals surface area contributed by atoms with Gasteiger partial charge in [0.25, 0.3) is 0 Å². The first-order valence-electron chi connectivity index (χ1n) is 7.60. The van der Waals surface area contributed by atoms with Gasteiger partial charge in [0.05, 0.1) is 23.6 Å². The number of para-hydroxylation sites is 2. The summed E-state index contributed by atoms with van der Waals surface area (Å²) in [5, 5.41) is 1.95. The van der Waals surface area contributed by atoms with Crippen LogP contribution in [0, 0.1) is 6.92 Å². The van der Waals surface area contributed by atoms with E-state index in [-0.39, 0.29) is 6.42 Å². The first-order chi connectivity index (χ1) is 11.7. The molecule has 0 amide bonds. The van der Waals surface area contributed by atoms with E-state index in [1.807, 2.05) is 30.5 Å². The van der Waals surface area contributed by atoms with Crippen LogP contribution in [0.3, 0.4) is 0 Å². The third-order valence-electron chi connectivity index (χ3n) is 3.31. The zero-order valence-electron chi connectivity index (χ0n) is 13.4. The van der Waals surface area contributed by atoms with E-state index in [1.165, 1.54) is 11.3 Å². The molecule has 6 heteroatoms. The van der Waals surface area contributed by atoms with E-state index >= 15 is 0 Å². The lowest BCUT2D eigenvalue weighted by Gasteiger charge is -2.09. The summed E-state index contributed by atoms with van der Waals surface area (Å²) in [5.41, 5.74) is 0.581. The van der Waals surface area contributed by atoms with Crippen LogP contribution in [0.2, 0.25) is 0 Å². The molecule has 0 aliphatic rings. The summed E-state index contributed by atoms with van der Waals surface area (Å²) in [6, 6.07) is 10.9. The molecule has 0 unspecified atom stereocenters. The number of esters is 1. The van der Waals surface area contributed by atoms with Gasteiger partial charge >= 0.3 is 5.97 Å². The molecule has 1 aromatic carbocycles. The lowest BCUT2D eigenvalue weighted by Crippen LogP contribution is -2.13. The number of thiophene rings is 1. The number of aryl methyl sites for hydroxylation is 1. The largest absolute Gasteiger partial charge is 0.490 e. The lowest BCUT2D eigenvalue weighted by atomic mass is 10.2. The van der Waals surface area contributed by atoms with Crippen LogP contribution in [-0.4, -0.2) is 17.6 Å². The number of carbonyl (C=O) groups excluding carboxylic acids is 1. The number of ether oxygens (including phenoxy) is 2. The summed E-state index contributed by atoms with van der Waals surface area (Å²) in [4.78, 5) is 17.6. The Hall–Kier alpha value is -2.60. The van der Waals surface area contributed by atoms with Gasteiger partial charge in [-0.15, -0.1) is 11.3 Å². The summed E-state index contributed by atoms with van der Waals surface area (Å²) in [6.07, 6.45) is 0.0428. The van der Waals surface area contributed by atoms with Gasteiger partial charge in [0.1, 0.15) is 5.76 Å². The Balaban J connectivity index is 1.72. The first kappa shape index (κ1) is 16.3. The van der Waals surface area contributed by atoms with Crippen molar-refractivity contribution in [1.29, 1.82) is 0 Å². The van der Waals surface area contributed by atoms with Crippen LogP contribution in [0.25, 0.3) is 10.8 Å². The molecular formula is C18H17NO4S. The van der Waals surface area contributed by atoms with Crippen molar-refractivity contribution < 1.29 is 18.7 Å². The zero-order chi connectivity index (χ0) is 16.9. The number of nitrogens with zero attached hydrogens (tertiary/aromatic N) is 1. The smallest absolute Gasteiger partial charge is 0.317 e. The number of benzene rings is 1. The summed E-state index contributed by atoms with van der Waals surface area (Å²) in [6.45, 7) is 4.17. The van der Waals surface area contributed by atoms with Gasteiger partial charge in [-0.1, -0.05) is 18.2 Å². The summed E-state index contributed by atoms with van der Waals surface area (Å²) >= 11 is 1.54. The van der Waals surface area contributed by atoms with E-state index in [1.54, 1.807) is 25.1 Å². The topological polar surface area (TPSA) is 61.6 Å². The molecule has 124 valence electrons. The van der Waals surface area contributed by atoms with Gasteiger partial charge in [-0.2, -0.15) is 0 Å². The molecule has 2 aromatic heterocycles. The minimum atomic E-state index is -0.406. The van der Waals surface area contributed by atoms with E-state index in [4.69, 9.17) is 13.9 Å². The number of hydrogen-bond donors (Lipinski definition) is 0. The number of oxazole rings is 1. The van der Waals surface area contributed by atoms with Crippen LogP contribution in [0.4, 0.5) is 0 Å². The molecule has 3 aromatic rings. The SMILES string of the molecule is CCOc1ccccc1OC(=O)Cc1nc(-c2cccs2)oc1C. The van der Waals surface area contributed by atoms with Gasteiger partial charge in [0.2, 0.25) is 5.89 Å². The molecule has 24 heavy (non-hydrogen) atoms. The van der Waals surface area contributed by atoms with E-state index in [2.05, 4.69) is 4.98 Å². The number of carbonyl (C=O) groups is 1. The van der Waals surface area contributed by atoms with Crippen molar-refractivity contribution in [1.82, 2.24) is 4.98 Å². The average Bonchev–Trinajstić information content (AvgIpc) is 3.20. The number of rotatable bonds is 6. The fraction of sp³-hybridized carbons (Fsp3) is 0.222. The average molecular weight is 343 g/mol. The Bertz CT molecular complexity index is 823. The second-order valence-corrected chi connectivity index (χ2v) is 5.98. The summed E-state index contributed by atoms with van der Waals surface area (Å²) < 4.78 is 16.5. The predicted octanol–water partition coefficient (Wildman–Crippen LogP) is 4.26. The maximum atomic E-state index is 12.2. The molecule has 0 saturated heterocycles. The van der Waals surface area contributed by atoms with Crippen molar-refractivity contribution in [2.45, 2.75) is 20.3 Å². The highest BCUT2D eigenvalue weighted by Crippen LogP contribution is 2.28. The fourth-order valence-electron chi connectivity index (χ4n) is 2.20. The van der Waals surface area contributed by atoms with Gasteiger partial charge < -0.3 is 13.9 Å². The standard InChI is InChI=1S/C18H17NO4S/c1-3-21-14-7-4-5-8-15(14)23-17(20)11-13-12(2)22-18(19-13)16-9-6-10-24-16/h4-10H,3,11H2,1-2H3. The minimum Gasteiger partial charge on any atom is -0.490 e. The molecule has 0 aliphatic carbocycles. The Morgan fingerprint density at radius 1 is 1.21 bits per heavy atom. The predicted molar refractivity (Wildman–Crippen MR) is 91.5 cm³/mol. The molecule has 5 nitrogen and oxygen atoms in total. The van der Waals surface area contributed by atoms with Crippen LogP contribution < -0.4 is 9.47 Å². The van der Waals surface area contributed by atoms with Gasteiger partial charge in [-0.3, -0.25) is 4.79 Å². The quantitative estimate of drug-likeness (QED) is 0.494. The molecule has 0 N–H and O–H groups in total. The Labute approximate surface area is 143 Å².